The van der Waals surface area contributed by atoms with Gasteiger partial charge in [0.2, 0.25) is 5.91 Å². The first-order valence-corrected chi connectivity index (χ1v) is 6.57. The minimum absolute atomic E-state index is 0.130. The largest absolute Gasteiger partial charge is 0.342 e. The summed E-state index contributed by atoms with van der Waals surface area (Å²) in [6, 6.07) is 4.93. The van der Waals surface area contributed by atoms with Crippen molar-refractivity contribution in [3.05, 3.63) is 33.8 Å². The van der Waals surface area contributed by atoms with Gasteiger partial charge in [-0.2, -0.15) is 0 Å². The quantitative estimate of drug-likeness (QED) is 0.764. The highest BCUT2D eigenvalue weighted by molar-refractivity contribution is 6.35. The Morgan fingerprint density at radius 2 is 1.65 bits per heavy atom. The molecule has 1 atom stereocenters. The monoisotopic (exact) mass is 293 g/mol. The summed E-state index contributed by atoms with van der Waals surface area (Å²) in [6.07, 6.45) is 0. The molecule has 1 aromatic rings. The minimum Gasteiger partial charge on any atom is -0.342 e. The lowest BCUT2D eigenvalue weighted by atomic mass is 10.1. The Bertz CT molecular complexity index is 384. The number of amides is 1. The average Bonchev–Trinajstić information content (AvgIpc) is 2.28. The average molecular weight is 295 g/mol. The van der Waals surface area contributed by atoms with Crippen molar-refractivity contribution in [3.8, 4) is 0 Å². The summed E-state index contributed by atoms with van der Waals surface area (Å²) in [6.45, 7) is 5.09. The Labute approximate surface area is 116 Å². The van der Waals surface area contributed by atoms with Crippen molar-refractivity contribution in [1.82, 2.24) is 4.90 Å². The second kappa shape index (κ2) is 6.48. The third-order valence-corrected chi connectivity index (χ3v) is 3.34. The fraction of sp³-hybridized carbons (Fsp3) is 0.417. The van der Waals surface area contributed by atoms with Gasteiger partial charge in [0.05, 0.1) is 0 Å². The number of carbonyl (C=O) groups is 1. The molecule has 5 heteroatoms. The third-order valence-electron chi connectivity index (χ3n) is 2.47. The molecule has 17 heavy (non-hydrogen) atoms. The van der Waals surface area contributed by atoms with E-state index in [0.29, 0.717) is 28.7 Å². The van der Waals surface area contributed by atoms with Gasteiger partial charge in [-0.1, -0.05) is 23.2 Å². The van der Waals surface area contributed by atoms with Gasteiger partial charge in [0, 0.05) is 23.1 Å². The van der Waals surface area contributed by atoms with Crippen molar-refractivity contribution in [2.75, 3.05) is 13.1 Å². The van der Waals surface area contributed by atoms with Gasteiger partial charge in [-0.25, -0.2) is 0 Å². The Morgan fingerprint density at radius 1 is 1.18 bits per heavy atom. The van der Waals surface area contributed by atoms with E-state index >= 15 is 0 Å². The van der Waals surface area contributed by atoms with Gasteiger partial charge in [-0.3, -0.25) is 4.79 Å². The van der Waals surface area contributed by atoms with Crippen LogP contribution in [0.4, 0.5) is 0 Å². The van der Waals surface area contributed by atoms with Gasteiger partial charge in [-0.15, -0.1) is 11.6 Å². The summed E-state index contributed by atoms with van der Waals surface area (Å²) in [5, 5.41) is 0.210. The first kappa shape index (κ1) is 14.6. The van der Waals surface area contributed by atoms with Gasteiger partial charge in [0.1, 0.15) is 5.38 Å². The molecule has 0 fully saturated rings. The predicted molar refractivity (Wildman–Crippen MR) is 73.0 cm³/mol. The van der Waals surface area contributed by atoms with Gasteiger partial charge in [0.15, 0.2) is 0 Å². The van der Waals surface area contributed by atoms with Crippen molar-refractivity contribution in [2.24, 2.45) is 0 Å². The van der Waals surface area contributed by atoms with E-state index in [-0.39, 0.29) is 5.91 Å². The lowest BCUT2D eigenvalue weighted by Crippen LogP contribution is -2.33. The van der Waals surface area contributed by atoms with Crippen molar-refractivity contribution in [3.63, 3.8) is 0 Å². The molecule has 0 aromatic heterocycles. The summed E-state index contributed by atoms with van der Waals surface area (Å²) in [4.78, 5) is 13.7. The number of hydrogen-bond donors (Lipinski definition) is 0. The lowest BCUT2D eigenvalue weighted by molar-refractivity contribution is -0.130. The van der Waals surface area contributed by atoms with Crippen LogP contribution in [0.1, 0.15) is 24.8 Å². The van der Waals surface area contributed by atoms with Crippen molar-refractivity contribution < 1.29 is 4.79 Å². The van der Waals surface area contributed by atoms with Crippen LogP contribution in [0.25, 0.3) is 0 Å². The van der Waals surface area contributed by atoms with Crippen LogP contribution in [-0.4, -0.2) is 23.9 Å². The molecule has 1 rings (SSSR count). The molecule has 0 spiro atoms. The third kappa shape index (κ3) is 3.77. The molecule has 2 nitrogen and oxygen atoms in total. The number of halogens is 3. The summed E-state index contributed by atoms with van der Waals surface area (Å²) < 4.78 is 0. The molecule has 94 valence electrons. The molecule has 0 aliphatic carbocycles. The van der Waals surface area contributed by atoms with Crippen molar-refractivity contribution in [1.29, 1.82) is 0 Å². The zero-order chi connectivity index (χ0) is 13.0. The fourth-order valence-corrected chi connectivity index (χ4v) is 2.37. The molecule has 0 heterocycles. The zero-order valence-corrected chi connectivity index (χ0v) is 12.0. The number of hydrogen-bond acceptors (Lipinski definition) is 1. The van der Waals surface area contributed by atoms with Crippen LogP contribution in [-0.2, 0) is 4.79 Å². The minimum atomic E-state index is -0.744. The smallest absolute Gasteiger partial charge is 0.245 e. The van der Waals surface area contributed by atoms with Crippen molar-refractivity contribution >= 4 is 40.7 Å². The van der Waals surface area contributed by atoms with E-state index in [2.05, 4.69) is 0 Å². The number of carbonyl (C=O) groups excluding carboxylic acids is 1. The van der Waals surface area contributed by atoms with Crippen molar-refractivity contribution in [2.45, 2.75) is 19.2 Å². The number of rotatable bonds is 4. The fourth-order valence-electron chi connectivity index (χ4n) is 1.56. The molecule has 1 amide bonds. The molecule has 0 radical (unpaired) electrons. The first-order chi connectivity index (χ1) is 7.99. The first-order valence-electron chi connectivity index (χ1n) is 5.38. The topological polar surface area (TPSA) is 20.3 Å². The van der Waals surface area contributed by atoms with Crippen LogP contribution >= 0.6 is 34.8 Å². The van der Waals surface area contributed by atoms with E-state index in [1.54, 1.807) is 23.1 Å². The molecule has 0 saturated carbocycles. The van der Waals surface area contributed by atoms with Gasteiger partial charge in [0.25, 0.3) is 0 Å². The van der Waals surface area contributed by atoms with E-state index in [1.165, 1.54) is 0 Å². The highest BCUT2D eigenvalue weighted by Crippen LogP contribution is 2.28. The van der Waals surface area contributed by atoms with Crippen LogP contribution in [0.15, 0.2) is 18.2 Å². The molecule has 1 unspecified atom stereocenters. The predicted octanol–water partition coefficient (Wildman–Crippen LogP) is 4.14. The van der Waals surface area contributed by atoms with Crippen LogP contribution in [0, 0.1) is 0 Å². The normalized spacial score (nSPS) is 12.3. The number of likely N-dealkylation sites (N-methyl/N-ethyl adjacent to an activating group) is 1. The number of nitrogens with zero attached hydrogens (tertiary/aromatic N) is 1. The number of alkyl halides is 1. The molecular formula is C12H14Cl3NO. The van der Waals surface area contributed by atoms with E-state index in [1.807, 2.05) is 13.8 Å². The van der Waals surface area contributed by atoms with E-state index in [4.69, 9.17) is 34.8 Å². The molecule has 0 saturated heterocycles. The molecule has 1 aromatic carbocycles. The highest BCUT2D eigenvalue weighted by atomic mass is 35.5. The molecule has 0 N–H and O–H groups in total. The number of benzene rings is 1. The van der Waals surface area contributed by atoms with E-state index in [9.17, 15) is 4.79 Å². The summed E-state index contributed by atoms with van der Waals surface area (Å²) >= 11 is 17.9. The van der Waals surface area contributed by atoms with E-state index < -0.39 is 5.38 Å². The highest BCUT2D eigenvalue weighted by Gasteiger charge is 2.22. The maximum Gasteiger partial charge on any atom is 0.245 e. The van der Waals surface area contributed by atoms with Crippen LogP contribution in [0.3, 0.4) is 0 Å². The summed E-state index contributed by atoms with van der Waals surface area (Å²) in [5.74, 6) is -0.130. The van der Waals surface area contributed by atoms with Gasteiger partial charge in [-0.05, 0) is 37.6 Å². The maximum absolute atomic E-state index is 12.0. The molecule has 0 bridgehead atoms. The molecule has 0 aliphatic heterocycles. The summed E-state index contributed by atoms with van der Waals surface area (Å²) in [5.41, 5.74) is 0.626. The van der Waals surface area contributed by atoms with Gasteiger partial charge < -0.3 is 4.90 Å². The van der Waals surface area contributed by atoms with Crippen LogP contribution in [0.5, 0.6) is 0 Å². The molecular weight excluding hydrogens is 280 g/mol. The SMILES string of the molecule is CCN(CC)C(=O)C(Cl)c1cc(Cl)cc(Cl)c1. The summed E-state index contributed by atoms with van der Waals surface area (Å²) in [7, 11) is 0. The van der Waals surface area contributed by atoms with Crippen LogP contribution < -0.4 is 0 Å². The maximum atomic E-state index is 12.0. The van der Waals surface area contributed by atoms with E-state index in [0.717, 1.165) is 0 Å². The second-order valence-electron chi connectivity index (χ2n) is 3.58. The Hall–Kier alpha value is -0.440. The second-order valence-corrected chi connectivity index (χ2v) is 4.89. The molecule has 0 aliphatic rings. The lowest BCUT2D eigenvalue weighted by Gasteiger charge is -2.22. The Kier molecular flexibility index (Phi) is 5.57. The Balaban J connectivity index is 2.95. The standard InChI is InChI=1S/C12H14Cl3NO/c1-3-16(4-2)12(17)11(15)8-5-9(13)7-10(14)6-8/h5-7,11H,3-4H2,1-2H3. The van der Waals surface area contributed by atoms with Crippen LogP contribution in [0.2, 0.25) is 10.0 Å². The zero-order valence-electron chi connectivity index (χ0n) is 9.71. The van der Waals surface area contributed by atoms with Gasteiger partial charge >= 0.3 is 0 Å². The Morgan fingerprint density at radius 3 is 2.06 bits per heavy atom.